The number of rotatable bonds is 2. The summed E-state index contributed by atoms with van der Waals surface area (Å²) in [4.78, 5) is 5.07. The number of benzene rings is 1. The molecule has 2 aliphatic rings. The summed E-state index contributed by atoms with van der Waals surface area (Å²) in [5, 5.41) is 8.90. The van der Waals surface area contributed by atoms with Gasteiger partial charge in [0.1, 0.15) is 0 Å². The van der Waals surface area contributed by atoms with Crippen molar-refractivity contribution >= 4 is 5.69 Å². The fourth-order valence-electron chi connectivity index (χ4n) is 2.85. The fourth-order valence-corrected chi connectivity index (χ4v) is 2.85. The Hall–Kier alpha value is -1.53. The zero-order valence-electron chi connectivity index (χ0n) is 10.9. The van der Waals surface area contributed by atoms with Crippen LogP contribution in [0.5, 0.6) is 0 Å². The Kier molecular flexibility index (Phi) is 2.97. The zero-order valence-corrected chi connectivity index (χ0v) is 10.9. The molecule has 0 radical (unpaired) electrons. The lowest BCUT2D eigenvalue weighted by Gasteiger charge is -2.37. The average Bonchev–Trinajstić information content (AvgIpc) is 3.23. The number of nitriles is 1. The van der Waals surface area contributed by atoms with Crippen molar-refractivity contribution in [1.82, 2.24) is 4.90 Å². The molecule has 3 heteroatoms. The lowest BCUT2D eigenvalue weighted by atomic mass is 10.1. The van der Waals surface area contributed by atoms with Gasteiger partial charge in [0.2, 0.25) is 0 Å². The van der Waals surface area contributed by atoms with Crippen LogP contribution in [-0.2, 0) is 0 Å². The molecule has 1 aromatic rings. The molecular formula is C15H19N3. The largest absolute Gasteiger partial charge is 0.369 e. The molecule has 0 spiro atoms. The highest BCUT2D eigenvalue weighted by Gasteiger charge is 2.31. The molecular weight excluding hydrogens is 222 g/mol. The van der Waals surface area contributed by atoms with Crippen LogP contribution in [0.15, 0.2) is 18.2 Å². The van der Waals surface area contributed by atoms with E-state index in [4.69, 9.17) is 5.26 Å². The van der Waals surface area contributed by atoms with Gasteiger partial charge in [0.25, 0.3) is 0 Å². The molecule has 1 aromatic carbocycles. The van der Waals surface area contributed by atoms with Crippen molar-refractivity contribution in [2.75, 3.05) is 31.1 Å². The van der Waals surface area contributed by atoms with E-state index in [1.54, 1.807) is 0 Å². The minimum Gasteiger partial charge on any atom is -0.369 e. The Labute approximate surface area is 109 Å². The molecule has 0 bridgehead atoms. The first kappa shape index (κ1) is 11.6. The first-order valence-corrected chi connectivity index (χ1v) is 6.77. The molecule has 3 nitrogen and oxygen atoms in total. The summed E-state index contributed by atoms with van der Waals surface area (Å²) in [5.41, 5.74) is 3.27. The van der Waals surface area contributed by atoms with Crippen LogP contribution in [0.3, 0.4) is 0 Å². The third-order valence-corrected chi connectivity index (χ3v) is 4.04. The van der Waals surface area contributed by atoms with E-state index < -0.39 is 0 Å². The normalized spacial score (nSPS) is 20.8. The van der Waals surface area contributed by atoms with Gasteiger partial charge in [-0.15, -0.1) is 0 Å². The number of anilines is 1. The number of hydrogen-bond donors (Lipinski definition) is 0. The van der Waals surface area contributed by atoms with Crippen molar-refractivity contribution in [2.45, 2.75) is 25.8 Å². The number of piperazine rings is 1. The van der Waals surface area contributed by atoms with E-state index in [1.165, 1.54) is 37.2 Å². The molecule has 94 valence electrons. The van der Waals surface area contributed by atoms with E-state index >= 15 is 0 Å². The first-order valence-electron chi connectivity index (χ1n) is 6.77. The lowest BCUT2D eigenvalue weighted by molar-refractivity contribution is 0.248. The van der Waals surface area contributed by atoms with Gasteiger partial charge < -0.3 is 4.90 Å². The second-order valence-electron chi connectivity index (χ2n) is 5.37. The van der Waals surface area contributed by atoms with Gasteiger partial charge in [0.05, 0.1) is 11.6 Å². The van der Waals surface area contributed by atoms with Gasteiger partial charge in [-0.2, -0.15) is 5.26 Å². The van der Waals surface area contributed by atoms with E-state index in [9.17, 15) is 0 Å². The van der Waals surface area contributed by atoms with Crippen molar-refractivity contribution in [3.8, 4) is 6.07 Å². The first-order chi connectivity index (χ1) is 8.78. The highest BCUT2D eigenvalue weighted by Crippen LogP contribution is 2.29. The molecule has 3 rings (SSSR count). The summed E-state index contributed by atoms with van der Waals surface area (Å²) in [6, 6.07) is 9.10. The molecule has 2 fully saturated rings. The zero-order chi connectivity index (χ0) is 12.5. The quantitative estimate of drug-likeness (QED) is 0.795. The summed E-state index contributed by atoms with van der Waals surface area (Å²) < 4.78 is 0. The van der Waals surface area contributed by atoms with E-state index in [0.717, 1.165) is 24.7 Å². The van der Waals surface area contributed by atoms with Gasteiger partial charge in [-0.3, -0.25) is 4.90 Å². The van der Waals surface area contributed by atoms with Crippen LogP contribution < -0.4 is 4.90 Å². The van der Waals surface area contributed by atoms with Crippen molar-refractivity contribution < 1.29 is 0 Å². The smallest absolute Gasteiger partial charge is 0.0991 e. The Morgan fingerprint density at radius 1 is 1.17 bits per heavy atom. The lowest BCUT2D eigenvalue weighted by Crippen LogP contribution is -2.47. The Bertz CT molecular complexity index is 477. The van der Waals surface area contributed by atoms with Crippen molar-refractivity contribution in [2.24, 2.45) is 0 Å². The third kappa shape index (κ3) is 2.21. The number of aryl methyl sites for hydroxylation is 1. The Morgan fingerprint density at radius 2 is 1.89 bits per heavy atom. The predicted molar refractivity (Wildman–Crippen MR) is 72.7 cm³/mol. The maximum absolute atomic E-state index is 8.90. The van der Waals surface area contributed by atoms with Crippen LogP contribution in [0.1, 0.15) is 24.0 Å². The molecule has 0 aromatic heterocycles. The van der Waals surface area contributed by atoms with Crippen LogP contribution in [0.2, 0.25) is 0 Å². The third-order valence-electron chi connectivity index (χ3n) is 4.04. The number of nitrogens with zero attached hydrogens (tertiary/aromatic N) is 3. The van der Waals surface area contributed by atoms with Crippen molar-refractivity contribution in [3.05, 3.63) is 29.3 Å². The van der Waals surface area contributed by atoms with Crippen LogP contribution in [0, 0.1) is 18.3 Å². The minimum absolute atomic E-state index is 0.757. The molecule has 0 atom stereocenters. The Balaban J connectivity index is 1.70. The highest BCUT2D eigenvalue weighted by molar-refractivity contribution is 5.56. The number of hydrogen-bond acceptors (Lipinski definition) is 3. The topological polar surface area (TPSA) is 30.3 Å². The van der Waals surface area contributed by atoms with Gasteiger partial charge in [0.15, 0.2) is 0 Å². The standard InChI is InChI=1S/C15H19N3/c1-12-10-13(11-16)2-5-15(12)18-8-6-17(7-9-18)14-3-4-14/h2,5,10,14H,3-4,6-9H2,1H3. The van der Waals surface area contributed by atoms with Gasteiger partial charge in [0, 0.05) is 37.9 Å². The average molecular weight is 241 g/mol. The highest BCUT2D eigenvalue weighted by atomic mass is 15.3. The summed E-state index contributed by atoms with van der Waals surface area (Å²) in [7, 11) is 0. The van der Waals surface area contributed by atoms with Gasteiger partial charge >= 0.3 is 0 Å². The monoisotopic (exact) mass is 241 g/mol. The van der Waals surface area contributed by atoms with Gasteiger partial charge in [-0.1, -0.05) is 0 Å². The summed E-state index contributed by atoms with van der Waals surface area (Å²) in [5.74, 6) is 0. The predicted octanol–water partition coefficient (Wildman–Crippen LogP) is 2.15. The molecule has 18 heavy (non-hydrogen) atoms. The van der Waals surface area contributed by atoms with E-state index in [2.05, 4.69) is 28.9 Å². The molecule has 1 saturated carbocycles. The summed E-state index contributed by atoms with van der Waals surface area (Å²) in [6.07, 6.45) is 2.80. The van der Waals surface area contributed by atoms with E-state index in [0.29, 0.717) is 0 Å². The second kappa shape index (κ2) is 4.62. The molecule has 1 heterocycles. The second-order valence-corrected chi connectivity index (χ2v) is 5.37. The maximum Gasteiger partial charge on any atom is 0.0991 e. The van der Waals surface area contributed by atoms with E-state index in [-0.39, 0.29) is 0 Å². The summed E-state index contributed by atoms with van der Waals surface area (Å²) >= 11 is 0. The van der Waals surface area contributed by atoms with Gasteiger partial charge in [-0.05, 0) is 43.5 Å². The van der Waals surface area contributed by atoms with Crippen LogP contribution in [0.4, 0.5) is 5.69 Å². The molecule has 0 N–H and O–H groups in total. The van der Waals surface area contributed by atoms with E-state index in [1.807, 2.05) is 12.1 Å². The maximum atomic E-state index is 8.90. The van der Waals surface area contributed by atoms with Crippen LogP contribution in [-0.4, -0.2) is 37.1 Å². The fraction of sp³-hybridized carbons (Fsp3) is 0.533. The van der Waals surface area contributed by atoms with Crippen LogP contribution >= 0.6 is 0 Å². The van der Waals surface area contributed by atoms with Crippen molar-refractivity contribution in [1.29, 1.82) is 5.26 Å². The van der Waals surface area contributed by atoms with Crippen molar-refractivity contribution in [3.63, 3.8) is 0 Å². The summed E-state index contributed by atoms with van der Waals surface area (Å²) in [6.45, 7) is 6.70. The molecule has 1 saturated heterocycles. The molecule has 0 amide bonds. The minimum atomic E-state index is 0.757. The SMILES string of the molecule is Cc1cc(C#N)ccc1N1CCN(C2CC2)CC1. The Morgan fingerprint density at radius 3 is 2.44 bits per heavy atom. The molecule has 1 aliphatic carbocycles. The molecule has 1 aliphatic heterocycles. The van der Waals surface area contributed by atoms with Crippen LogP contribution in [0.25, 0.3) is 0 Å². The van der Waals surface area contributed by atoms with Gasteiger partial charge in [-0.25, -0.2) is 0 Å². The molecule has 0 unspecified atom stereocenters.